The van der Waals surface area contributed by atoms with Gasteiger partial charge in [-0.25, -0.2) is 13.4 Å². The number of aromatic nitrogens is 2. The van der Waals surface area contributed by atoms with E-state index in [-0.39, 0.29) is 16.5 Å². The Morgan fingerprint density at radius 3 is 2.95 bits per heavy atom. The van der Waals surface area contributed by atoms with E-state index in [1.165, 1.54) is 41.8 Å². The van der Waals surface area contributed by atoms with E-state index in [9.17, 15) is 8.42 Å². The summed E-state index contributed by atoms with van der Waals surface area (Å²) in [5.41, 5.74) is 5.81. The number of hydrogen-bond donors (Lipinski definition) is 2. The zero-order valence-corrected chi connectivity index (χ0v) is 13.2. The number of hydrogen-bond acceptors (Lipinski definition) is 8. The third-order valence-corrected chi connectivity index (χ3v) is 6.29. The summed E-state index contributed by atoms with van der Waals surface area (Å²) in [6, 6.07) is 6.00. The normalized spacial score (nSPS) is 12.5. The highest BCUT2D eigenvalue weighted by molar-refractivity contribution is 8.02. The average molecular weight is 344 g/mol. The first-order chi connectivity index (χ1) is 10.0. The summed E-state index contributed by atoms with van der Waals surface area (Å²) < 4.78 is 29.0. The van der Waals surface area contributed by atoms with Gasteiger partial charge < -0.3 is 10.9 Å². The van der Waals surface area contributed by atoms with Gasteiger partial charge in [-0.05, 0) is 23.7 Å². The van der Waals surface area contributed by atoms with Crippen molar-refractivity contribution >= 4 is 39.0 Å². The van der Waals surface area contributed by atoms with E-state index >= 15 is 0 Å². The monoisotopic (exact) mass is 344 g/mol. The smallest absolute Gasteiger partial charge is 0.179 e. The minimum Gasteiger partial charge on any atom is -0.409 e. The predicted molar refractivity (Wildman–Crippen MR) is 81.6 cm³/mol. The van der Waals surface area contributed by atoms with Crippen molar-refractivity contribution in [1.29, 1.82) is 0 Å². The number of benzene rings is 1. The Kier molecular flexibility index (Phi) is 5.15. The summed E-state index contributed by atoms with van der Waals surface area (Å²) in [5, 5.41) is 11.5. The summed E-state index contributed by atoms with van der Waals surface area (Å²) >= 11 is 2.57. The van der Waals surface area contributed by atoms with Gasteiger partial charge in [0.25, 0.3) is 0 Å². The molecule has 21 heavy (non-hydrogen) atoms. The van der Waals surface area contributed by atoms with E-state index in [4.69, 9.17) is 10.9 Å². The van der Waals surface area contributed by atoms with E-state index in [1.54, 1.807) is 12.1 Å². The second-order valence-corrected chi connectivity index (χ2v) is 8.12. The summed E-state index contributed by atoms with van der Waals surface area (Å²) in [5.74, 6) is 0.220. The zero-order chi connectivity index (χ0) is 15.3. The Hall–Kier alpha value is -1.65. The number of amidine groups is 1. The van der Waals surface area contributed by atoms with Crippen LogP contribution in [-0.2, 0) is 9.84 Å². The van der Waals surface area contributed by atoms with Crippen LogP contribution in [-0.4, -0.2) is 40.3 Å². The fourth-order valence-electron chi connectivity index (χ4n) is 1.49. The van der Waals surface area contributed by atoms with Crippen LogP contribution in [0.5, 0.6) is 0 Å². The van der Waals surface area contributed by atoms with Crippen molar-refractivity contribution in [3.05, 3.63) is 36.2 Å². The van der Waals surface area contributed by atoms with Crippen LogP contribution in [0.25, 0.3) is 0 Å². The molecule has 0 amide bonds. The van der Waals surface area contributed by atoms with Crippen LogP contribution in [0.2, 0.25) is 0 Å². The topological polar surface area (TPSA) is 119 Å². The summed E-state index contributed by atoms with van der Waals surface area (Å²) in [4.78, 5) is 4.12. The molecule has 2 rings (SSSR count). The highest BCUT2D eigenvalue weighted by atomic mass is 32.2. The van der Waals surface area contributed by atoms with Crippen LogP contribution < -0.4 is 5.73 Å². The second-order valence-electron chi connectivity index (χ2n) is 3.89. The maximum atomic E-state index is 12.2. The van der Waals surface area contributed by atoms with E-state index in [0.29, 0.717) is 11.3 Å². The van der Waals surface area contributed by atoms with Gasteiger partial charge in [-0.2, -0.15) is 4.37 Å². The van der Waals surface area contributed by atoms with Crippen LogP contribution >= 0.6 is 23.3 Å². The molecule has 0 saturated heterocycles. The lowest BCUT2D eigenvalue weighted by molar-refractivity contribution is 0.318. The lowest BCUT2D eigenvalue weighted by Crippen LogP contribution is -2.15. The molecule has 0 fully saturated rings. The van der Waals surface area contributed by atoms with Crippen molar-refractivity contribution in [2.24, 2.45) is 10.9 Å². The molecule has 0 aliphatic carbocycles. The van der Waals surface area contributed by atoms with Gasteiger partial charge in [-0.15, -0.1) is 0 Å². The molecular weight excluding hydrogens is 332 g/mol. The summed E-state index contributed by atoms with van der Waals surface area (Å²) in [6.45, 7) is 0. The molecule has 1 heterocycles. The van der Waals surface area contributed by atoms with Crippen molar-refractivity contribution in [1.82, 2.24) is 9.36 Å². The van der Waals surface area contributed by atoms with Gasteiger partial charge in [0.15, 0.2) is 20.0 Å². The van der Waals surface area contributed by atoms with Crippen LogP contribution in [0, 0.1) is 0 Å². The molecule has 0 bridgehead atoms. The molecule has 0 atom stereocenters. The summed E-state index contributed by atoms with van der Waals surface area (Å²) in [6.07, 6.45) is 1.43. The minimum absolute atomic E-state index is 0.0309. The van der Waals surface area contributed by atoms with Gasteiger partial charge in [-0.3, -0.25) is 0 Å². The molecule has 2 aromatic rings. The first-order valence-corrected chi connectivity index (χ1v) is 9.14. The number of oxime groups is 1. The van der Waals surface area contributed by atoms with Gasteiger partial charge in [0.05, 0.1) is 10.6 Å². The first-order valence-electron chi connectivity index (χ1n) is 5.73. The van der Waals surface area contributed by atoms with Crippen LogP contribution in [0.1, 0.15) is 5.56 Å². The van der Waals surface area contributed by atoms with E-state index in [2.05, 4.69) is 14.5 Å². The molecule has 0 spiro atoms. The standard InChI is InChI=1S/C11H12N4O3S3/c12-10(15-16)8-2-1-3-9(6-8)21(17,18)5-4-19-11-13-7-14-20-11/h1-3,6-7,16H,4-5H2,(H2,12,15). The van der Waals surface area contributed by atoms with Gasteiger partial charge in [-0.1, -0.05) is 29.1 Å². The lowest BCUT2D eigenvalue weighted by atomic mass is 10.2. The van der Waals surface area contributed by atoms with Gasteiger partial charge in [0.2, 0.25) is 0 Å². The third-order valence-electron chi connectivity index (χ3n) is 2.52. The van der Waals surface area contributed by atoms with Crippen LogP contribution in [0.3, 0.4) is 0 Å². The molecule has 0 radical (unpaired) electrons. The first kappa shape index (κ1) is 15.7. The van der Waals surface area contributed by atoms with Crippen LogP contribution in [0.15, 0.2) is 45.0 Å². The largest absolute Gasteiger partial charge is 0.409 e. The van der Waals surface area contributed by atoms with Crippen molar-refractivity contribution in [2.45, 2.75) is 9.24 Å². The number of thioether (sulfide) groups is 1. The number of sulfone groups is 1. The Labute approximate surface area is 130 Å². The molecule has 0 aliphatic rings. The highest BCUT2D eigenvalue weighted by Crippen LogP contribution is 2.20. The fourth-order valence-corrected chi connectivity index (χ4v) is 4.69. The lowest BCUT2D eigenvalue weighted by Gasteiger charge is -2.05. The average Bonchev–Trinajstić information content (AvgIpc) is 2.99. The van der Waals surface area contributed by atoms with Gasteiger partial charge in [0, 0.05) is 11.3 Å². The number of nitrogens with two attached hydrogens (primary N) is 1. The number of rotatable bonds is 6. The molecule has 0 saturated carbocycles. The second kappa shape index (κ2) is 6.87. The molecule has 0 aliphatic heterocycles. The fraction of sp³-hybridized carbons (Fsp3) is 0.182. The molecular formula is C11H12N4O3S3. The third kappa shape index (κ3) is 4.16. The molecule has 0 unspecified atom stereocenters. The molecule has 7 nitrogen and oxygen atoms in total. The summed E-state index contributed by atoms with van der Waals surface area (Å²) in [7, 11) is -3.43. The van der Waals surface area contributed by atoms with Crippen molar-refractivity contribution in [3.8, 4) is 0 Å². The van der Waals surface area contributed by atoms with Crippen molar-refractivity contribution in [3.63, 3.8) is 0 Å². The minimum atomic E-state index is -3.43. The molecule has 1 aromatic carbocycles. The van der Waals surface area contributed by atoms with Crippen molar-refractivity contribution < 1.29 is 13.6 Å². The quantitative estimate of drug-likeness (QED) is 0.266. The van der Waals surface area contributed by atoms with E-state index < -0.39 is 9.84 Å². The Morgan fingerprint density at radius 1 is 1.48 bits per heavy atom. The van der Waals surface area contributed by atoms with Gasteiger partial charge in [0.1, 0.15) is 6.33 Å². The maximum absolute atomic E-state index is 12.2. The van der Waals surface area contributed by atoms with Gasteiger partial charge >= 0.3 is 0 Å². The predicted octanol–water partition coefficient (Wildman–Crippen LogP) is 1.20. The zero-order valence-electron chi connectivity index (χ0n) is 10.7. The Bertz CT molecular complexity index is 729. The maximum Gasteiger partial charge on any atom is 0.179 e. The highest BCUT2D eigenvalue weighted by Gasteiger charge is 2.16. The molecule has 1 aromatic heterocycles. The van der Waals surface area contributed by atoms with E-state index in [1.807, 2.05) is 0 Å². The van der Waals surface area contributed by atoms with Crippen LogP contribution in [0.4, 0.5) is 0 Å². The molecule has 3 N–H and O–H groups in total. The Morgan fingerprint density at radius 2 is 2.29 bits per heavy atom. The number of nitrogens with zero attached hydrogens (tertiary/aromatic N) is 3. The molecule has 10 heteroatoms. The Balaban J connectivity index is 2.08. The van der Waals surface area contributed by atoms with Crippen molar-refractivity contribution in [2.75, 3.05) is 11.5 Å². The van der Waals surface area contributed by atoms with E-state index in [0.717, 1.165) is 4.34 Å². The SMILES string of the molecule is N/C(=N/O)c1cccc(S(=O)(=O)CCSc2ncns2)c1. The molecule has 112 valence electrons.